The van der Waals surface area contributed by atoms with Crippen molar-refractivity contribution in [3.05, 3.63) is 144 Å². The van der Waals surface area contributed by atoms with E-state index in [1.54, 1.807) is 12.1 Å². The molecule has 9 N–H and O–H groups in total. The predicted octanol–water partition coefficient (Wildman–Crippen LogP) is 3.55. The molecule has 6 fully saturated rings. The third-order valence-electron chi connectivity index (χ3n) is 15.4. The number of benzene rings is 4. The van der Waals surface area contributed by atoms with Crippen molar-refractivity contribution in [2.24, 2.45) is 11.7 Å². The van der Waals surface area contributed by atoms with Crippen molar-refractivity contribution in [3.8, 4) is 0 Å². The van der Waals surface area contributed by atoms with Gasteiger partial charge in [-0.3, -0.25) is 0 Å². The number of rotatable bonds is 15. The first kappa shape index (κ1) is 54.2. The Morgan fingerprint density at radius 2 is 0.974 bits per heavy atom. The molecule has 6 aliphatic rings. The van der Waals surface area contributed by atoms with Gasteiger partial charge in [0.2, 0.25) is 0 Å². The first-order chi connectivity index (χ1) is 36.9. The second kappa shape index (κ2) is 24.7. The van der Waals surface area contributed by atoms with Crippen LogP contribution in [0.25, 0.3) is 0 Å². The summed E-state index contributed by atoms with van der Waals surface area (Å²) in [6.07, 6.45) is -18.6. The third kappa shape index (κ3) is 12.3. The van der Waals surface area contributed by atoms with Crippen molar-refractivity contribution in [1.29, 1.82) is 0 Å². The van der Waals surface area contributed by atoms with Crippen molar-refractivity contribution < 1.29 is 82.5 Å². The van der Waals surface area contributed by atoms with Crippen LogP contribution in [0.1, 0.15) is 73.5 Å². The van der Waals surface area contributed by atoms with Gasteiger partial charge in [0.15, 0.2) is 18.9 Å². The van der Waals surface area contributed by atoms with Crippen molar-refractivity contribution >= 4 is 12.2 Å². The molecule has 4 aromatic rings. The van der Waals surface area contributed by atoms with Crippen LogP contribution in [0.4, 0.5) is 9.59 Å². The second-order valence-corrected chi connectivity index (χ2v) is 20.6. The number of nitrogens with two attached hydrogens (primary N) is 1. The van der Waals surface area contributed by atoms with Gasteiger partial charge in [0, 0.05) is 6.04 Å². The van der Waals surface area contributed by atoms with Gasteiger partial charge in [-0.25, -0.2) is 9.59 Å². The molecule has 21 atom stereocenters. The Bertz CT molecular complexity index is 2470. The Labute approximate surface area is 440 Å². The SMILES string of the molecule is C[C@H]1C[C@@H](N)[C@H](O)[C@@H](O[C@@H]2O[C@H](CO)[C@@H](O[C@H]3O[C@H]4CCC(c5ccccc5)O[C@H]4[C@H](O)[C@H]3NC(=O)OCc3ccccc3)[C@H]2O)[C@@H]1O[C@H]1O[C@@H]2CCC(c3ccccc3)O[C@H]2[C@H](O)[C@H]1NC(=O)OCc1ccccc1. The maximum absolute atomic E-state index is 13.5. The molecule has 0 aromatic heterocycles. The van der Waals surface area contributed by atoms with E-state index < -0.39 is 135 Å². The molecule has 5 saturated heterocycles. The number of carbonyl (C=O) groups excluding carboxylic acids is 2. The fourth-order valence-corrected chi connectivity index (χ4v) is 11.4. The zero-order valence-corrected chi connectivity index (χ0v) is 42.0. The molecule has 410 valence electrons. The average molecular weight is 1060 g/mol. The molecule has 0 bridgehead atoms. The van der Waals surface area contributed by atoms with Gasteiger partial charge >= 0.3 is 12.2 Å². The third-order valence-corrected chi connectivity index (χ3v) is 15.4. The minimum absolute atomic E-state index is 0.0555. The highest BCUT2D eigenvalue weighted by molar-refractivity contribution is 5.68. The number of carbonyl (C=O) groups is 2. The molecule has 5 aliphatic heterocycles. The Kier molecular flexibility index (Phi) is 17.6. The van der Waals surface area contributed by atoms with Crippen LogP contribution in [-0.4, -0.2) is 155 Å². The lowest BCUT2D eigenvalue weighted by atomic mass is 9.80. The maximum atomic E-state index is 13.5. The maximum Gasteiger partial charge on any atom is 0.407 e. The summed E-state index contributed by atoms with van der Waals surface area (Å²) in [6.45, 7) is 1.03. The van der Waals surface area contributed by atoms with Gasteiger partial charge in [0.05, 0.1) is 43.2 Å². The zero-order chi connectivity index (χ0) is 52.9. The lowest BCUT2D eigenvalue weighted by Crippen LogP contribution is -2.68. The summed E-state index contributed by atoms with van der Waals surface area (Å²) in [5.41, 5.74) is 9.83. The summed E-state index contributed by atoms with van der Waals surface area (Å²) >= 11 is 0. The van der Waals surface area contributed by atoms with Crippen LogP contribution in [-0.2, 0) is 60.6 Å². The summed E-state index contributed by atoms with van der Waals surface area (Å²) < 4.78 is 63.0. The molecule has 20 heteroatoms. The highest BCUT2D eigenvalue weighted by Crippen LogP contribution is 2.43. The van der Waals surface area contributed by atoms with Gasteiger partial charge in [-0.2, -0.15) is 0 Å². The van der Waals surface area contributed by atoms with Crippen LogP contribution < -0.4 is 16.4 Å². The lowest BCUT2D eigenvalue weighted by Gasteiger charge is -2.50. The molecule has 1 aliphatic carbocycles. The number of alkyl carbamates (subject to hydrolysis) is 2. The van der Waals surface area contributed by atoms with Crippen LogP contribution in [0.5, 0.6) is 0 Å². The molecule has 4 aromatic carbocycles. The smallest absolute Gasteiger partial charge is 0.407 e. The minimum atomic E-state index is -1.67. The Morgan fingerprint density at radius 1 is 0.539 bits per heavy atom. The van der Waals surface area contributed by atoms with Crippen LogP contribution in [0.15, 0.2) is 121 Å². The molecule has 1 saturated carbocycles. The van der Waals surface area contributed by atoms with E-state index in [-0.39, 0.29) is 31.8 Å². The van der Waals surface area contributed by atoms with Crippen LogP contribution in [0.3, 0.4) is 0 Å². The van der Waals surface area contributed by atoms with Gasteiger partial charge in [-0.15, -0.1) is 0 Å². The van der Waals surface area contributed by atoms with E-state index in [1.165, 1.54) is 0 Å². The fourth-order valence-electron chi connectivity index (χ4n) is 11.4. The van der Waals surface area contributed by atoms with E-state index >= 15 is 0 Å². The number of amides is 2. The molecular formula is C56H69N3O17. The van der Waals surface area contributed by atoms with Crippen molar-refractivity contribution in [2.45, 2.75) is 175 Å². The van der Waals surface area contributed by atoms with Crippen molar-refractivity contribution in [3.63, 3.8) is 0 Å². The van der Waals surface area contributed by atoms with Crippen LogP contribution in [0, 0.1) is 5.92 Å². The molecule has 0 radical (unpaired) electrons. The topological polar surface area (TPSA) is 278 Å². The van der Waals surface area contributed by atoms with E-state index in [0.29, 0.717) is 25.7 Å². The summed E-state index contributed by atoms with van der Waals surface area (Å²) in [5, 5.41) is 64.3. The molecular weight excluding hydrogens is 987 g/mol. The predicted molar refractivity (Wildman–Crippen MR) is 267 cm³/mol. The van der Waals surface area contributed by atoms with Gasteiger partial charge in [-0.1, -0.05) is 128 Å². The zero-order valence-electron chi connectivity index (χ0n) is 42.0. The molecule has 2 amide bonds. The van der Waals surface area contributed by atoms with Crippen molar-refractivity contribution in [2.75, 3.05) is 6.61 Å². The number of hydrogen-bond acceptors (Lipinski definition) is 18. The molecule has 76 heavy (non-hydrogen) atoms. The Morgan fingerprint density at radius 3 is 1.43 bits per heavy atom. The largest absolute Gasteiger partial charge is 0.445 e. The van der Waals surface area contributed by atoms with Crippen molar-refractivity contribution in [1.82, 2.24) is 10.6 Å². The Balaban J connectivity index is 0.860. The number of ether oxygens (including phenoxy) is 10. The number of nitrogens with one attached hydrogen (secondary N) is 2. The fraction of sp³-hybridized carbons (Fsp3) is 0.536. The van der Waals surface area contributed by atoms with Gasteiger partial charge in [-0.05, 0) is 60.3 Å². The number of hydrogen-bond donors (Lipinski definition) is 8. The van der Waals surface area contributed by atoms with Crippen LogP contribution >= 0.6 is 0 Å². The van der Waals surface area contributed by atoms with Gasteiger partial charge < -0.3 is 89.3 Å². The summed E-state index contributed by atoms with van der Waals surface area (Å²) in [4.78, 5) is 27.0. The summed E-state index contributed by atoms with van der Waals surface area (Å²) in [6, 6.07) is 33.9. The Hall–Kier alpha value is -5.14. The highest BCUT2D eigenvalue weighted by atomic mass is 16.8. The van der Waals surface area contributed by atoms with E-state index in [9.17, 15) is 35.1 Å². The monoisotopic (exact) mass is 1060 g/mol. The first-order valence-electron chi connectivity index (χ1n) is 26.3. The quantitative estimate of drug-likeness (QED) is 0.0845. The average Bonchev–Trinajstić information content (AvgIpc) is 3.74. The normalized spacial score (nSPS) is 38.2. The lowest BCUT2D eigenvalue weighted by molar-refractivity contribution is -0.328. The standard InChI is InChI=1S/C56H69N3O17/c1-30-26-35(57)43(61)51(47(30)74-52-41(58-55(65)67-28-31-14-6-2-7-15-31)44(62)48-38(71-52)24-22-36(69-48)33-18-10-4-11-19-33)76-54-46(64)50(40(27-60)73-54)75-53-42(59-56(66)68-29-32-16-8-3-9-17-32)45(63)49-39(72-53)25-23-37(70-49)34-20-12-5-13-21-34/h2-21,30,35-54,60-64H,22-29,57H2,1H3,(H,58,65)(H,59,66)/t30-,35+,36?,37?,38+,39-,40+,41+,42+,43-,44+,45+,46+,47+,48+,49+,50+,51+,52+,53+,54-/m0/s1. The molecule has 10 rings (SSSR count). The second-order valence-electron chi connectivity index (χ2n) is 20.6. The van der Waals surface area contributed by atoms with E-state index in [1.807, 2.05) is 116 Å². The first-order valence-corrected chi connectivity index (χ1v) is 26.3. The summed E-state index contributed by atoms with van der Waals surface area (Å²) in [5.74, 6) is -0.449. The molecule has 0 spiro atoms. The molecule has 2 unspecified atom stereocenters. The number of aliphatic hydroxyl groups is 5. The van der Waals surface area contributed by atoms with E-state index in [4.69, 9.17) is 53.1 Å². The number of aliphatic hydroxyl groups excluding tert-OH is 5. The van der Waals surface area contributed by atoms with E-state index in [0.717, 1.165) is 22.3 Å². The molecule has 20 nitrogen and oxygen atoms in total. The van der Waals surface area contributed by atoms with E-state index in [2.05, 4.69) is 10.6 Å². The highest BCUT2D eigenvalue weighted by Gasteiger charge is 2.57. The summed E-state index contributed by atoms with van der Waals surface area (Å²) in [7, 11) is 0. The van der Waals surface area contributed by atoms with Gasteiger partial charge in [0.1, 0.15) is 74.1 Å². The van der Waals surface area contributed by atoms with Crippen LogP contribution in [0.2, 0.25) is 0 Å². The minimum Gasteiger partial charge on any atom is -0.445 e. The number of fused-ring (bicyclic) bond motifs is 2. The van der Waals surface area contributed by atoms with Gasteiger partial charge in [0.25, 0.3) is 0 Å². The molecule has 5 heterocycles.